The summed E-state index contributed by atoms with van der Waals surface area (Å²) >= 11 is 0. The summed E-state index contributed by atoms with van der Waals surface area (Å²) in [4.78, 5) is 25.2. The molecule has 148 valence electrons. The van der Waals surface area contributed by atoms with E-state index in [1.165, 1.54) is 25.6 Å². The number of hydrogen-bond donors (Lipinski definition) is 0. The SMILES string of the molecule is COc1ncc(C(=O)N2CC[C@H]3[C@@H](C2)CC(C)(C)N3c2cccc(F)c2)cn1. The van der Waals surface area contributed by atoms with Gasteiger partial charge in [0, 0.05) is 42.8 Å². The molecule has 0 radical (unpaired) electrons. The van der Waals surface area contributed by atoms with E-state index in [4.69, 9.17) is 4.74 Å². The Labute approximate surface area is 164 Å². The Kier molecular flexibility index (Phi) is 4.69. The maximum absolute atomic E-state index is 13.8. The minimum Gasteiger partial charge on any atom is -0.467 e. The van der Waals surface area contributed by atoms with Crippen molar-refractivity contribution in [3.63, 3.8) is 0 Å². The van der Waals surface area contributed by atoms with Gasteiger partial charge < -0.3 is 14.5 Å². The summed E-state index contributed by atoms with van der Waals surface area (Å²) in [6, 6.07) is 7.36. The van der Waals surface area contributed by atoms with Crippen molar-refractivity contribution < 1.29 is 13.9 Å². The number of benzene rings is 1. The first-order chi connectivity index (χ1) is 13.4. The van der Waals surface area contributed by atoms with Gasteiger partial charge in [0.1, 0.15) is 5.82 Å². The molecule has 0 unspecified atom stereocenters. The van der Waals surface area contributed by atoms with Crippen LogP contribution in [-0.2, 0) is 0 Å². The zero-order chi connectivity index (χ0) is 19.9. The van der Waals surface area contributed by atoms with Crippen LogP contribution in [0.25, 0.3) is 0 Å². The van der Waals surface area contributed by atoms with Crippen LogP contribution >= 0.6 is 0 Å². The lowest BCUT2D eigenvalue weighted by atomic mass is 9.89. The highest BCUT2D eigenvalue weighted by molar-refractivity contribution is 5.93. The van der Waals surface area contributed by atoms with Crippen molar-refractivity contribution in [1.29, 1.82) is 0 Å². The molecule has 0 N–H and O–H groups in total. The average molecular weight is 384 g/mol. The molecule has 3 heterocycles. The Hall–Kier alpha value is -2.70. The molecule has 1 aromatic carbocycles. The zero-order valence-electron chi connectivity index (χ0n) is 16.4. The number of carbonyl (C=O) groups is 1. The van der Waals surface area contributed by atoms with Crippen molar-refractivity contribution in [2.45, 2.75) is 38.3 Å². The molecule has 0 aliphatic carbocycles. The number of hydrogen-bond acceptors (Lipinski definition) is 5. The third-order valence-electron chi connectivity index (χ3n) is 5.87. The molecule has 0 bridgehead atoms. The minimum absolute atomic E-state index is 0.0527. The molecule has 2 aromatic rings. The van der Waals surface area contributed by atoms with Crippen LogP contribution in [-0.4, -0.2) is 52.6 Å². The van der Waals surface area contributed by atoms with Crippen molar-refractivity contribution in [1.82, 2.24) is 14.9 Å². The second-order valence-corrected chi connectivity index (χ2v) is 8.19. The highest BCUT2D eigenvalue weighted by Crippen LogP contribution is 2.44. The van der Waals surface area contributed by atoms with Crippen LogP contribution < -0.4 is 9.64 Å². The van der Waals surface area contributed by atoms with E-state index < -0.39 is 0 Å². The van der Waals surface area contributed by atoms with E-state index in [0.29, 0.717) is 30.6 Å². The fraction of sp³-hybridized carbons (Fsp3) is 0.476. The topological polar surface area (TPSA) is 58.6 Å². The van der Waals surface area contributed by atoms with E-state index in [9.17, 15) is 9.18 Å². The molecule has 2 atom stereocenters. The lowest BCUT2D eigenvalue weighted by molar-refractivity contribution is 0.0666. The molecule has 4 rings (SSSR count). The minimum atomic E-state index is -0.219. The fourth-order valence-electron chi connectivity index (χ4n) is 4.82. The fourth-order valence-corrected chi connectivity index (χ4v) is 4.82. The Balaban J connectivity index is 1.52. The van der Waals surface area contributed by atoms with E-state index in [1.807, 2.05) is 11.0 Å². The summed E-state index contributed by atoms with van der Waals surface area (Å²) in [6.45, 7) is 5.73. The molecule has 6 nitrogen and oxygen atoms in total. The third kappa shape index (κ3) is 3.30. The predicted octanol–water partition coefficient (Wildman–Crippen LogP) is 3.14. The number of halogens is 1. The van der Waals surface area contributed by atoms with Crippen LogP contribution in [0.5, 0.6) is 6.01 Å². The second kappa shape index (κ2) is 7.04. The number of aromatic nitrogens is 2. The number of carbonyl (C=O) groups excluding carboxylic acids is 1. The third-order valence-corrected chi connectivity index (χ3v) is 5.87. The molecule has 28 heavy (non-hydrogen) atoms. The number of rotatable bonds is 3. The summed E-state index contributed by atoms with van der Waals surface area (Å²) in [5.74, 6) is 0.0714. The maximum Gasteiger partial charge on any atom is 0.316 e. The number of fused-ring (bicyclic) bond motifs is 1. The first-order valence-electron chi connectivity index (χ1n) is 9.59. The van der Waals surface area contributed by atoms with Crippen LogP contribution in [0.3, 0.4) is 0 Å². The summed E-state index contributed by atoms with van der Waals surface area (Å²) < 4.78 is 18.8. The highest BCUT2D eigenvalue weighted by atomic mass is 19.1. The molecule has 0 spiro atoms. The largest absolute Gasteiger partial charge is 0.467 e. The number of likely N-dealkylation sites (tertiary alicyclic amines) is 1. The molecular weight excluding hydrogens is 359 g/mol. The van der Waals surface area contributed by atoms with Gasteiger partial charge >= 0.3 is 6.01 Å². The molecule has 2 aliphatic heterocycles. The van der Waals surface area contributed by atoms with Gasteiger partial charge in [0.2, 0.25) is 0 Å². The van der Waals surface area contributed by atoms with Gasteiger partial charge in [-0.15, -0.1) is 0 Å². The Morgan fingerprint density at radius 2 is 2.04 bits per heavy atom. The van der Waals surface area contributed by atoms with E-state index in [0.717, 1.165) is 18.5 Å². The van der Waals surface area contributed by atoms with Crippen molar-refractivity contribution in [3.8, 4) is 6.01 Å². The Bertz CT molecular complexity index is 871. The Morgan fingerprint density at radius 1 is 1.29 bits per heavy atom. The second-order valence-electron chi connectivity index (χ2n) is 8.19. The summed E-state index contributed by atoms with van der Waals surface area (Å²) in [7, 11) is 1.49. The molecule has 2 fully saturated rings. The Morgan fingerprint density at radius 3 is 2.71 bits per heavy atom. The van der Waals surface area contributed by atoms with Gasteiger partial charge in [-0.3, -0.25) is 4.79 Å². The quantitative estimate of drug-likeness (QED) is 0.814. The van der Waals surface area contributed by atoms with Crippen LogP contribution in [0.4, 0.5) is 10.1 Å². The first-order valence-corrected chi connectivity index (χ1v) is 9.59. The smallest absolute Gasteiger partial charge is 0.316 e. The molecular formula is C21H25FN4O2. The summed E-state index contributed by atoms with van der Waals surface area (Å²) in [6.07, 6.45) is 4.83. The number of nitrogens with zero attached hydrogens (tertiary/aromatic N) is 4. The molecule has 0 saturated carbocycles. The van der Waals surface area contributed by atoms with E-state index in [2.05, 4.69) is 28.7 Å². The van der Waals surface area contributed by atoms with E-state index in [-0.39, 0.29) is 23.3 Å². The number of piperidine rings is 1. The lowest BCUT2D eigenvalue weighted by Crippen LogP contribution is -2.50. The van der Waals surface area contributed by atoms with Gasteiger partial charge in [-0.1, -0.05) is 6.07 Å². The van der Waals surface area contributed by atoms with Crippen LogP contribution in [0, 0.1) is 11.7 Å². The van der Waals surface area contributed by atoms with Crippen LogP contribution in [0.1, 0.15) is 37.0 Å². The average Bonchev–Trinajstić information content (AvgIpc) is 2.96. The van der Waals surface area contributed by atoms with E-state index in [1.54, 1.807) is 12.1 Å². The summed E-state index contributed by atoms with van der Waals surface area (Å²) in [5.41, 5.74) is 1.30. The van der Waals surface area contributed by atoms with E-state index >= 15 is 0 Å². The standard InChI is InChI=1S/C21H25FN4O2/c1-21(2)10-14-13-25(19(27)15-11-23-20(28-3)24-12-15)8-7-18(14)26(21)17-6-4-5-16(22)9-17/h4-6,9,11-12,14,18H,7-8,10,13H2,1-3H3/t14-,18+/m1/s1. The lowest BCUT2D eigenvalue weighted by Gasteiger charge is -2.41. The van der Waals surface area contributed by atoms with Gasteiger partial charge in [0.15, 0.2) is 0 Å². The van der Waals surface area contributed by atoms with Crippen LogP contribution in [0.15, 0.2) is 36.7 Å². The number of methoxy groups -OCH3 is 1. The summed E-state index contributed by atoms with van der Waals surface area (Å²) in [5, 5.41) is 0. The first kappa shape index (κ1) is 18.7. The van der Waals surface area contributed by atoms with Crippen molar-refractivity contribution >= 4 is 11.6 Å². The van der Waals surface area contributed by atoms with Gasteiger partial charge in [-0.05, 0) is 50.8 Å². The number of amides is 1. The monoisotopic (exact) mass is 384 g/mol. The van der Waals surface area contributed by atoms with Crippen molar-refractivity contribution in [2.24, 2.45) is 5.92 Å². The van der Waals surface area contributed by atoms with Crippen molar-refractivity contribution in [2.75, 3.05) is 25.1 Å². The number of anilines is 1. The molecule has 1 aromatic heterocycles. The van der Waals surface area contributed by atoms with Gasteiger partial charge in [-0.25, -0.2) is 14.4 Å². The highest BCUT2D eigenvalue weighted by Gasteiger charge is 2.48. The molecule has 7 heteroatoms. The van der Waals surface area contributed by atoms with Crippen molar-refractivity contribution in [3.05, 3.63) is 48.0 Å². The van der Waals surface area contributed by atoms with Gasteiger partial charge in [0.25, 0.3) is 5.91 Å². The zero-order valence-corrected chi connectivity index (χ0v) is 16.4. The van der Waals surface area contributed by atoms with Crippen LogP contribution in [0.2, 0.25) is 0 Å². The normalized spacial score (nSPS) is 23.4. The molecule has 2 saturated heterocycles. The predicted molar refractivity (Wildman–Crippen MR) is 104 cm³/mol. The molecule has 2 aliphatic rings. The van der Waals surface area contributed by atoms with Gasteiger partial charge in [-0.2, -0.15) is 0 Å². The van der Waals surface area contributed by atoms with Gasteiger partial charge in [0.05, 0.1) is 12.7 Å². The number of ether oxygens (including phenoxy) is 1. The molecule has 1 amide bonds. The maximum atomic E-state index is 13.8.